The molecule has 1 atom stereocenters. The maximum absolute atomic E-state index is 12.8. The van der Waals surface area contributed by atoms with Crippen LogP contribution >= 0.6 is 0 Å². The van der Waals surface area contributed by atoms with Crippen LogP contribution in [0.5, 0.6) is 0 Å². The smallest absolute Gasteiger partial charge is 0.338 e. The van der Waals surface area contributed by atoms with E-state index in [1.165, 1.54) is 0 Å². The van der Waals surface area contributed by atoms with Crippen LogP contribution in [0.3, 0.4) is 0 Å². The number of rotatable bonds is 2. The van der Waals surface area contributed by atoms with Crippen molar-refractivity contribution in [3.63, 3.8) is 0 Å². The molecule has 24 heavy (non-hydrogen) atoms. The number of hydrogen-bond acceptors (Lipinski definition) is 6. The van der Waals surface area contributed by atoms with Gasteiger partial charge in [-0.2, -0.15) is 4.68 Å². The van der Waals surface area contributed by atoms with E-state index in [0.717, 1.165) is 11.1 Å². The minimum absolute atomic E-state index is 0.376. The van der Waals surface area contributed by atoms with E-state index >= 15 is 0 Å². The molecule has 7 nitrogen and oxygen atoms in total. The second kappa shape index (κ2) is 5.74. The first kappa shape index (κ1) is 16.2. The van der Waals surface area contributed by atoms with Crippen LogP contribution in [0.15, 0.2) is 35.5 Å². The third-order valence-electron chi connectivity index (χ3n) is 3.73. The Labute approximate surface area is 140 Å². The van der Waals surface area contributed by atoms with E-state index in [2.05, 4.69) is 20.8 Å². The van der Waals surface area contributed by atoms with Crippen molar-refractivity contribution in [3.8, 4) is 0 Å². The number of carbonyl (C=O) groups is 1. The van der Waals surface area contributed by atoms with Gasteiger partial charge in [-0.25, -0.2) is 4.79 Å². The number of anilines is 1. The molecule has 0 bridgehead atoms. The van der Waals surface area contributed by atoms with Crippen molar-refractivity contribution >= 4 is 11.9 Å². The third kappa shape index (κ3) is 3.02. The molecule has 0 spiro atoms. The van der Waals surface area contributed by atoms with Gasteiger partial charge in [0.05, 0.1) is 5.57 Å². The number of aryl methyl sites for hydroxylation is 1. The van der Waals surface area contributed by atoms with E-state index in [-0.39, 0.29) is 5.97 Å². The predicted octanol–water partition coefficient (Wildman–Crippen LogP) is 2.61. The van der Waals surface area contributed by atoms with Crippen LogP contribution in [0.25, 0.3) is 0 Å². The van der Waals surface area contributed by atoms with Gasteiger partial charge in [0, 0.05) is 5.70 Å². The minimum atomic E-state index is -0.580. The van der Waals surface area contributed by atoms with Gasteiger partial charge in [0.1, 0.15) is 11.6 Å². The molecule has 1 aromatic carbocycles. The fourth-order valence-electron chi connectivity index (χ4n) is 2.67. The van der Waals surface area contributed by atoms with E-state index in [0.29, 0.717) is 17.2 Å². The number of allylic oxidation sites excluding steroid dienone is 1. The summed E-state index contributed by atoms with van der Waals surface area (Å²) in [7, 11) is 0. The number of ether oxygens (including phenoxy) is 1. The number of esters is 1. The fraction of sp³-hybridized carbons (Fsp3) is 0.412. The van der Waals surface area contributed by atoms with Crippen LogP contribution in [0, 0.1) is 6.92 Å². The number of carbonyl (C=O) groups excluding carboxylic acids is 1. The molecular weight excluding hydrogens is 306 g/mol. The molecule has 0 radical (unpaired) electrons. The molecule has 126 valence electrons. The maximum atomic E-state index is 12.8. The van der Waals surface area contributed by atoms with Crippen molar-refractivity contribution in [1.82, 2.24) is 20.2 Å². The quantitative estimate of drug-likeness (QED) is 0.854. The summed E-state index contributed by atoms with van der Waals surface area (Å²) in [6.45, 7) is 9.39. The van der Waals surface area contributed by atoms with Gasteiger partial charge in [-0.3, -0.25) is 0 Å². The number of nitrogens with one attached hydrogen (secondary N) is 1. The second-order valence-corrected chi connectivity index (χ2v) is 6.93. The topological polar surface area (TPSA) is 81.9 Å². The Kier molecular flexibility index (Phi) is 3.87. The third-order valence-corrected chi connectivity index (χ3v) is 3.73. The second-order valence-electron chi connectivity index (χ2n) is 6.93. The summed E-state index contributed by atoms with van der Waals surface area (Å²) in [6.07, 6.45) is 0. The van der Waals surface area contributed by atoms with Crippen molar-refractivity contribution in [2.75, 3.05) is 5.32 Å². The van der Waals surface area contributed by atoms with Gasteiger partial charge in [-0.1, -0.05) is 34.9 Å². The largest absolute Gasteiger partial charge is 0.456 e. The van der Waals surface area contributed by atoms with Crippen molar-refractivity contribution in [2.24, 2.45) is 0 Å². The van der Waals surface area contributed by atoms with Crippen LogP contribution in [0.4, 0.5) is 5.95 Å². The van der Waals surface area contributed by atoms with E-state index in [1.54, 1.807) is 4.68 Å². The molecule has 2 aromatic rings. The van der Waals surface area contributed by atoms with Gasteiger partial charge >= 0.3 is 5.97 Å². The van der Waals surface area contributed by atoms with Gasteiger partial charge < -0.3 is 10.1 Å². The lowest BCUT2D eigenvalue weighted by atomic mass is 9.95. The summed E-state index contributed by atoms with van der Waals surface area (Å²) in [5.41, 5.74) is 2.69. The van der Waals surface area contributed by atoms with Crippen molar-refractivity contribution in [1.29, 1.82) is 0 Å². The number of nitrogens with zero attached hydrogens (tertiary/aromatic N) is 4. The normalized spacial score (nSPS) is 17.3. The lowest BCUT2D eigenvalue weighted by molar-refractivity contribution is -0.150. The number of hydrogen-bond donors (Lipinski definition) is 1. The van der Waals surface area contributed by atoms with E-state index < -0.39 is 11.6 Å². The highest BCUT2D eigenvalue weighted by atomic mass is 16.6. The number of aromatic nitrogens is 4. The predicted molar refractivity (Wildman–Crippen MR) is 89.3 cm³/mol. The molecule has 0 fully saturated rings. The summed E-state index contributed by atoms with van der Waals surface area (Å²) < 4.78 is 7.20. The molecule has 1 aliphatic rings. The van der Waals surface area contributed by atoms with Gasteiger partial charge in [0.15, 0.2) is 0 Å². The molecule has 2 heterocycles. The molecule has 0 saturated carbocycles. The zero-order chi connectivity index (χ0) is 17.5. The molecule has 0 amide bonds. The highest BCUT2D eigenvalue weighted by Gasteiger charge is 2.36. The Balaban J connectivity index is 2.10. The number of benzene rings is 1. The van der Waals surface area contributed by atoms with Crippen molar-refractivity contribution in [3.05, 3.63) is 46.7 Å². The van der Waals surface area contributed by atoms with Crippen LogP contribution in [0.1, 0.15) is 44.9 Å². The standard InChI is InChI=1S/C17H21N5O2/c1-10-6-8-12(9-7-10)14-13(15(23)24-17(3,4)5)11(2)18-16-19-20-21-22(14)16/h6-9,14H,1-5H3,(H,18,19,21). The molecular formula is C17H21N5O2. The number of tetrazole rings is 1. The van der Waals surface area contributed by atoms with E-state index in [4.69, 9.17) is 4.74 Å². The molecule has 1 N–H and O–H groups in total. The van der Waals surface area contributed by atoms with Crippen molar-refractivity contribution in [2.45, 2.75) is 46.3 Å². The first-order valence-electron chi connectivity index (χ1n) is 7.82. The van der Waals surface area contributed by atoms with Crippen LogP contribution in [-0.2, 0) is 9.53 Å². The fourth-order valence-corrected chi connectivity index (χ4v) is 2.67. The number of fused-ring (bicyclic) bond motifs is 1. The summed E-state index contributed by atoms with van der Waals surface area (Å²) in [5, 5.41) is 14.8. The summed E-state index contributed by atoms with van der Waals surface area (Å²) >= 11 is 0. The Morgan fingerprint density at radius 1 is 1.21 bits per heavy atom. The average molecular weight is 327 g/mol. The Hall–Kier alpha value is -2.70. The molecule has 0 aliphatic carbocycles. The lowest BCUT2D eigenvalue weighted by Crippen LogP contribution is -2.33. The molecule has 0 saturated heterocycles. The van der Waals surface area contributed by atoms with Gasteiger partial charge in [-0.15, -0.1) is 0 Å². The Bertz CT molecular complexity index is 799. The lowest BCUT2D eigenvalue weighted by Gasteiger charge is -2.29. The highest BCUT2D eigenvalue weighted by Crippen LogP contribution is 2.35. The first-order valence-corrected chi connectivity index (χ1v) is 7.82. The SMILES string of the molecule is CC1=C(C(=O)OC(C)(C)C)C(c2ccc(C)cc2)n2nnnc2N1. The van der Waals surface area contributed by atoms with Gasteiger partial charge in [-0.05, 0) is 50.6 Å². The molecule has 7 heteroatoms. The van der Waals surface area contributed by atoms with E-state index in [9.17, 15) is 4.79 Å². The van der Waals surface area contributed by atoms with Gasteiger partial charge in [0.2, 0.25) is 5.95 Å². The molecule has 1 aromatic heterocycles. The molecule has 1 aliphatic heterocycles. The van der Waals surface area contributed by atoms with E-state index in [1.807, 2.05) is 58.9 Å². The average Bonchev–Trinajstić information content (AvgIpc) is 2.92. The Morgan fingerprint density at radius 3 is 2.50 bits per heavy atom. The molecule has 3 rings (SSSR count). The zero-order valence-corrected chi connectivity index (χ0v) is 14.5. The first-order chi connectivity index (χ1) is 11.3. The summed E-state index contributed by atoms with van der Waals surface area (Å²) in [4.78, 5) is 12.8. The zero-order valence-electron chi connectivity index (χ0n) is 14.5. The van der Waals surface area contributed by atoms with Crippen molar-refractivity contribution < 1.29 is 9.53 Å². The summed E-state index contributed by atoms with van der Waals surface area (Å²) in [5.74, 6) is 0.129. The monoisotopic (exact) mass is 327 g/mol. The van der Waals surface area contributed by atoms with Crippen LogP contribution in [-0.4, -0.2) is 31.8 Å². The van der Waals surface area contributed by atoms with Gasteiger partial charge in [0.25, 0.3) is 0 Å². The maximum Gasteiger partial charge on any atom is 0.338 e. The summed E-state index contributed by atoms with van der Waals surface area (Å²) in [6, 6.07) is 7.54. The minimum Gasteiger partial charge on any atom is -0.456 e. The van der Waals surface area contributed by atoms with Crippen LogP contribution < -0.4 is 5.32 Å². The Morgan fingerprint density at radius 2 is 1.88 bits per heavy atom. The highest BCUT2D eigenvalue weighted by molar-refractivity contribution is 5.92. The molecule has 1 unspecified atom stereocenters. The van der Waals surface area contributed by atoms with Crippen LogP contribution in [0.2, 0.25) is 0 Å².